The molecule has 0 atom stereocenters. The number of carbonyl (C=O) groups is 2. The van der Waals surface area contributed by atoms with E-state index in [2.05, 4.69) is 10.3 Å². The average molecular weight is 501 g/mol. The molecule has 1 fully saturated rings. The van der Waals surface area contributed by atoms with Crippen molar-refractivity contribution in [1.82, 2.24) is 4.98 Å². The standard InChI is InChI=1S/C25H20Cl3N3O2/c26-17-6-4-15(20(12-17)25(33)31-23-9-7-18(27)13-30-23)11-22(32)19-8-5-16(10-21(19)28)24(29)14-2-1-3-14/h4-10,12-14,29H,1-3,11H2,(H,30,31,33). The lowest BCUT2D eigenvalue weighted by Crippen LogP contribution is -2.22. The minimum absolute atomic E-state index is 0.0346. The smallest absolute Gasteiger partial charge is 0.257 e. The number of halogens is 3. The lowest BCUT2D eigenvalue weighted by atomic mass is 9.79. The number of anilines is 1. The molecule has 0 saturated heterocycles. The summed E-state index contributed by atoms with van der Waals surface area (Å²) in [4.78, 5) is 30.0. The van der Waals surface area contributed by atoms with E-state index in [0.717, 1.165) is 24.8 Å². The zero-order chi connectivity index (χ0) is 23.5. The van der Waals surface area contributed by atoms with E-state index in [1.807, 2.05) is 0 Å². The molecule has 1 saturated carbocycles. The SMILES string of the molecule is N=C(c1ccc(C(=O)Cc2ccc(Cl)cc2C(=O)Nc2ccc(Cl)cn2)c(Cl)c1)C1CCC1. The summed E-state index contributed by atoms with van der Waals surface area (Å²) in [5.74, 6) is -0.0738. The van der Waals surface area contributed by atoms with Gasteiger partial charge in [-0.05, 0) is 60.4 Å². The van der Waals surface area contributed by atoms with Gasteiger partial charge in [0.25, 0.3) is 5.91 Å². The molecule has 0 bridgehead atoms. The van der Waals surface area contributed by atoms with Crippen molar-refractivity contribution in [2.75, 3.05) is 5.32 Å². The molecule has 5 nitrogen and oxygen atoms in total. The molecule has 1 amide bonds. The summed E-state index contributed by atoms with van der Waals surface area (Å²) in [5, 5.41) is 12.1. The Hall–Kier alpha value is -2.73. The molecule has 33 heavy (non-hydrogen) atoms. The number of amides is 1. The van der Waals surface area contributed by atoms with Gasteiger partial charge in [0.15, 0.2) is 5.78 Å². The fourth-order valence-electron chi connectivity index (χ4n) is 3.66. The average Bonchev–Trinajstić information content (AvgIpc) is 2.75. The van der Waals surface area contributed by atoms with Gasteiger partial charge in [-0.3, -0.25) is 9.59 Å². The van der Waals surface area contributed by atoms with Crippen molar-refractivity contribution in [3.8, 4) is 0 Å². The van der Waals surface area contributed by atoms with Crippen LogP contribution in [0, 0.1) is 11.3 Å². The Bertz CT molecular complexity index is 1240. The Morgan fingerprint density at radius 1 is 0.970 bits per heavy atom. The van der Waals surface area contributed by atoms with Crippen molar-refractivity contribution in [2.45, 2.75) is 25.7 Å². The van der Waals surface area contributed by atoms with Gasteiger partial charge in [0.1, 0.15) is 5.82 Å². The summed E-state index contributed by atoms with van der Waals surface area (Å²) in [7, 11) is 0. The summed E-state index contributed by atoms with van der Waals surface area (Å²) in [5.41, 5.74) is 2.44. The number of carbonyl (C=O) groups excluding carboxylic acids is 2. The van der Waals surface area contributed by atoms with Crippen LogP contribution in [0.3, 0.4) is 0 Å². The first-order chi connectivity index (χ1) is 15.8. The Balaban J connectivity index is 1.53. The van der Waals surface area contributed by atoms with E-state index in [-0.39, 0.29) is 23.7 Å². The predicted octanol–water partition coefficient (Wildman–Crippen LogP) is 6.89. The van der Waals surface area contributed by atoms with Crippen molar-refractivity contribution in [3.63, 3.8) is 0 Å². The van der Waals surface area contributed by atoms with Crippen LogP contribution in [-0.2, 0) is 6.42 Å². The third-order valence-corrected chi connectivity index (χ3v) is 6.50. The highest BCUT2D eigenvalue weighted by molar-refractivity contribution is 6.34. The second-order valence-electron chi connectivity index (χ2n) is 7.95. The minimum atomic E-state index is -0.439. The van der Waals surface area contributed by atoms with Gasteiger partial charge in [0.05, 0.1) is 10.0 Å². The van der Waals surface area contributed by atoms with Gasteiger partial charge in [-0.1, -0.05) is 53.4 Å². The van der Waals surface area contributed by atoms with Crippen LogP contribution in [0.25, 0.3) is 0 Å². The highest BCUT2D eigenvalue weighted by Crippen LogP contribution is 2.31. The van der Waals surface area contributed by atoms with Crippen molar-refractivity contribution in [1.29, 1.82) is 5.41 Å². The molecule has 2 N–H and O–H groups in total. The van der Waals surface area contributed by atoms with Gasteiger partial charge < -0.3 is 10.7 Å². The number of nitrogens with zero attached hydrogens (tertiary/aromatic N) is 1. The zero-order valence-corrected chi connectivity index (χ0v) is 19.8. The van der Waals surface area contributed by atoms with E-state index in [0.29, 0.717) is 37.7 Å². The summed E-state index contributed by atoms with van der Waals surface area (Å²) in [6.07, 6.45) is 4.57. The number of Topliss-reactive ketones (excluding diaryl/α,β-unsaturated/α-hetero) is 1. The Morgan fingerprint density at radius 3 is 2.36 bits per heavy atom. The van der Waals surface area contributed by atoms with Gasteiger partial charge in [0, 0.05) is 40.4 Å². The fraction of sp³-hybridized carbons (Fsp3) is 0.200. The Morgan fingerprint density at radius 2 is 1.73 bits per heavy atom. The molecule has 1 aromatic heterocycles. The topological polar surface area (TPSA) is 82.9 Å². The molecule has 4 rings (SSSR count). The van der Waals surface area contributed by atoms with Crippen molar-refractivity contribution in [2.24, 2.45) is 5.92 Å². The largest absolute Gasteiger partial charge is 0.307 e. The number of nitrogens with one attached hydrogen (secondary N) is 2. The van der Waals surface area contributed by atoms with Crippen LogP contribution >= 0.6 is 34.8 Å². The monoisotopic (exact) mass is 499 g/mol. The third-order valence-electron chi connectivity index (χ3n) is 5.73. The van der Waals surface area contributed by atoms with Crippen LogP contribution in [0.1, 0.15) is 51.1 Å². The first kappa shape index (κ1) is 23.4. The lowest BCUT2D eigenvalue weighted by molar-refractivity contribution is 0.0992. The van der Waals surface area contributed by atoms with Crippen LogP contribution in [0.2, 0.25) is 15.1 Å². The fourth-order valence-corrected chi connectivity index (χ4v) is 4.23. The van der Waals surface area contributed by atoms with Crippen LogP contribution in [0.5, 0.6) is 0 Å². The van der Waals surface area contributed by atoms with Gasteiger partial charge in [0.2, 0.25) is 0 Å². The van der Waals surface area contributed by atoms with Crippen molar-refractivity contribution >= 4 is 58.0 Å². The number of pyridine rings is 1. The van der Waals surface area contributed by atoms with Crippen LogP contribution in [-0.4, -0.2) is 22.4 Å². The van der Waals surface area contributed by atoms with Gasteiger partial charge in [-0.25, -0.2) is 4.98 Å². The normalized spacial score (nSPS) is 13.3. The van der Waals surface area contributed by atoms with Crippen LogP contribution in [0.4, 0.5) is 5.82 Å². The van der Waals surface area contributed by atoms with Gasteiger partial charge in [-0.15, -0.1) is 0 Å². The molecular formula is C25H20Cl3N3O2. The molecule has 168 valence electrons. The van der Waals surface area contributed by atoms with E-state index in [1.54, 1.807) is 42.5 Å². The summed E-state index contributed by atoms with van der Waals surface area (Å²) in [6.45, 7) is 0. The molecule has 0 aliphatic heterocycles. The van der Waals surface area contributed by atoms with Crippen LogP contribution in [0.15, 0.2) is 54.7 Å². The molecule has 3 aromatic rings. The van der Waals surface area contributed by atoms with Gasteiger partial charge >= 0.3 is 0 Å². The molecule has 1 heterocycles. The molecule has 1 aliphatic carbocycles. The lowest BCUT2D eigenvalue weighted by Gasteiger charge is -2.26. The zero-order valence-electron chi connectivity index (χ0n) is 17.5. The number of benzene rings is 2. The molecule has 2 aromatic carbocycles. The minimum Gasteiger partial charge on any atom is -0.307 e. The Labute approximate surface area is 206 Å². The number of hydrogen-bond donors (Lipinski definition) is 2. The summed E-state index contributed by atoms with van der Waals surface area (Å²) in [6, 6.07) is 13.1. The number of rotatable bonds is 7. The predicted molar refractivity (Wildman–Crippen MR) is 132 cm³/mol. The van der Waals surface area contributed by atoms with E-state index < -0.39 is 5.91 Å². The maximum Gasteiger partial charge on any atom is 0.257 e. The third kappa shape index (κ3) is 5.44. The Kier molecular flexibility index (Phi) is 7.13. The molecular weight excluding hydrogens is 481 g/mol. The van der Waals surface area contributed by atoms with Crippen molar-refractivity contribution < 1.29 is 9.59 Å². The van der Waals surface area contributed by atoms with Gasteiger partial charge in [-0.2, -0.15) is 0 Å². The number of hydrogen-bond acceptors (Lipinski definition) is 4. The quantitative estimate of drug-likeness (QED) is 0.274. The van der Waals surface area contributed by atoms with Crippen molar-refractivity contribution in [3.05, 3.63) is 92.0 Å². The highest BCUT2D eigenvalue weighted by atomic mass is 35.5. The first-order valence-electron chi connectivity index (χ1n) is 10.4. The van der Waals surface area contributed by atoms with E-state index in [1.165, 1.54) is 12.3 Å². The molecule has 0 spiro atoms. The summed E-state index contributed by atoms with van der Waals surface area (Å²) >= 11 is 18.4. The van der Waals surface area contributed by atoms with E-state index in [4.69, 9.17) is 40.2 Å². The second-order valence-corrected chi connectivity index (χ2v) is 9.23. The highest BCUT2D eigenvalue weighted by Gasteiger charge is 2.24. The van der Waals surface area contributed by atoms with Crippen LogP contribution < -0.4 is 5.32 Å². The van der Waals surface area contributed by atoms with E-state index in [9.17, 15) is 9.59 Å². The second kappa shape index (κ2) is 10.0. The number of ketones is 1. The number of aromatic nitrogens is 1. The molecule has 1 aliphatic rings. The molecule has 8 heteroatoms. The molecule has 0 radical (unpaired) electrons. The molecule has 0 unspecified atom stereocenters. The summed E-state index contributed by atoms with van der Waals surface area (Å²) < 4.78 is 0. The maximum absolute atomic E-state index is 13.0. The first-order valence-corrected chi connectivity index (χ1v) is 11.6. The maximum atomic E-state index is 13.0. The van der Waals surface area contributed by atoms with E-state index >= 15 is 0 Å².